The molecule has 0 bridgehead atoms. The number of aromatic nitrogens is 1. The second-order valence-electron chi connectivity index (χ2n) is 9.80. The molecule has 2 amide bonds. The van der Waals surface area contributed by atoms with Gasteiger partial charge in [0.2, 0.25) is 5.91 Å². The van der Waals surface area contributed by atoms with E-state index < -0.39 is 0 Å². The van der Waals surface area contributed by atoms with Crippen molar-refractivity contribution in [1.29, 1.82) is 0 Å². The zero-order valence-electron chi connectivity index (χ0n) is 22.2. The fourth-order valence-electron chi connectivity index (χ4n) is 4.79. The van der Waals surface area contributed by atoms with Crippen molar-refractivity contribution in [2.75, 3.05) is 42.7 Å². The molecule has 8 heteroatoms. The van der Waals surface area contributed by atoms with Gasteiger partial charge in [0, 0.05) is 47.0 Å². The molecule has 2 N–H and O–H groups in total. The van der Waals surface area contributed by atoms with Gasteiger partial charge in [0.05, 0.1) is 22.5 Å². The Labute approximate surface area is 233 Å². The molecule has 5 rings (SSSR count). The normalized spacial score (nSPS) is 13.8. The molecule has 0 fully saturated rings. The summed E-state index contributed by atoms with van der Waals surface area (Å²) in [7, 11) is 4.04. The molecule has 198 valence electrons. The van der Waals surface area contributed by atoms with Crippen LogP contribution in [0.4, 0.5) is 17.1 Å². The first kappa shape index (κ1) is 26.4. The predicted octanol–water partition coefficient (Wildman–Crippen LogP) is 6.13. The molecule has 4 aromatic rings. The minimum Gasteiger partial charge on any atom is -0.354 e. The maximum atomic E-state index is 13.3. The molecular weight excluding hydrogens is 510 g/mol. The number of nitrogens with zero attached hydrogens (tertiary/aromatic N) is 3. The third-order valence-electron chi connectivity index (χ3n) is 6.68. The van der Waals surface area contributed by atoms with Crippen molar-refractivity contribution in [3.63, 3.8) is 0 Å². The van der Waals surface area contributed by atoms with Gasteiger partial charge < -0.3 is 20.4 Å². The van der Waals surface area contributed by atoms with Crippen LogP contribution in [0.2, 0.25) is 5.02 Å². The summed E-state index contributed by atoms with van der Waals surface area (Å²) >= 11 is 6.20. The standard InChI is InChI=1S/C31H30ClN5O2/c1-20(38)37(17-5-16-36(2)3)25-11-9-24(10-12-25)34-30(22-7-14-27-21(18-22)6-4-15-33-27)29-26-13-8-23(32)19-28(26)35-31(29)39/h4,6-15,18-19,34H,5,16-17H2,1-3H3,(H,35,39)/b30-29-. The van der Waals surface area contributed by atoms with Crippen molar-refractivity contribution in [2.24, 2.45) is 0 Å². The molecule has 0 saturated heterocycles. The van der Waals surface area contributed by atoms with Gasteiger partial charge in [-0.15, -0.1) is 0 Å². The maximum absolute atomic E-state index is 13.3. The number of hydrogen-bond donors (Lipinski definition) is 2. The van der Waals surface area contributed by atoms with Crippen molar-refractivity contribution in [3.8, 4) is 0 Å². The number of pyridine rings is 1. The Hall–Kier alpha value is -4.20. The fourth-order valence-corrected chi connectivity index (χ4v) is 4.96. The molecule has 39 heavy (non-hydrogen) atoms. The Bertz CT molecular complexity index is 1580. The predicted molar refractivity (Wildman–Crippen MR) is 160 cm³/mol. The number of carbonyl (C=O) groups is 2. The number of rotatable bonds is 8. The number of amides is 2. The number of halogens is 1. The minimum absolute atomic E-state index is 0.0000555. The van der Waals surface area contributed by atoms with E-state index in [4.69, 9.17) is 11.6 Å². The Kier molecular flexibility index (Phi) is 7.63. The van der Waals surface area contributed by atoms with Gasteiger partial charge in [0.15, 0.2) is 0 Å². The number of carbonyl (C=O) groups excluding carboxylic acids is 2. The molecule has 1 aliphatic heterocycles. The van der Waals surface area contributed by atoms with E-state index in [0.29, 0.717) is 28.5 Å². The van der Waals surface area contributed by atoms with E-state index in [0.717, 1.165) is 46.4 Å². The van der Waals surface area contributed by atoms with Crippen molar-refractivity contribution in [2.45, 2.75) is 13.3 Å². The number of hydrogen-bond acceptors (Lipinski definition) is 5. The summed E-state index contributed by atoms with van der Waals surface area (Å²) in [4.78, 5) is 33.9. The Balaban J connectivity index is 1.53. The van der Waals surface area contributed by atoms with E-state index in [2.05, 4.69) is 20.5 Å². The zero-order chi connectivity index (χ0) is 27.5. The third-order valence-corrected chi connectivity index (χ3v) is 6.92. The van der Waals surface area contributed by atoms with Crippen molar-refractivity contribution in [3.05, 3.63) is 95.1 Å². The average molecular weight is 540 g/mol. The number of fused-ring (bicyclic) bond motifs is 2. The summed E-state index contributed by atoms with van der Waals surface area (Å²) in [6.45, 7) is 3.12. The molecule has 0 aliphatic carbocycles. The van der Waals surface area contributed by atoms with Crippen LogP contribution in [0.5, 0.6) is 0 Å². The van der Waals surface area contributed by atoms with Gasteiger partial charge in [0.25, 0.3) is 5.91 Å². The van der Waals surface area contributed by atoms with Gasteiger partial charge in [-0.1, -0.05) is 29.8 Å². The van der Waals surface area contributed by atoms with Crippen LogP contribution >= 0.6 is 11.6 Å². The molecule has 1 aliphatic rings. The van der Waals surface area contributed by atoms with Crippen molar-refractivity contribution >= 4 is 62.7 Å². The van der Waals surface area contributed by atoms with E-state index >= 15 is 0 Å². The van der Waals surface area contributed by atoms with E-state index in [9.17, 15) is 9.59 Å². The smallest absolute Gasteiger partial charge is 0.258 e. The Morgan fingerprint density at radius 2 is 1.79 bits per heavy atom. The van der Waals surface area contributed by atoms with Gasteiger partial charge in [0.1, 0.15) is 0 Å². The first-order valence-electron chi connectivity index (χ1n) is 12.8. The summed E-state index contributed by atoms with van der Waals surface area (Å²) in [5.41, 5.74) is 5.99. The van der Waals surface area contributed by atoms with E-state index in [1.54, 1.807) is 30.2 Å². The highest BCUT2D eigenvalue weighted by Crippen LogP contribution is 2.39. The van der Waals surface area contributed by atoms with Crippen LogP contribution in [0, 0.1) is 0 Å². The zero-order valence-corrected chi connectivity index (χ0v) is 22.9. The minimum atomic E-state index is -0.207. The van der Waals surface area contributed by atoms with Crippen LogP contribution < -0.4 is 15.5 Å². The Morgan fingerprint density at radius 1 is 1.00 bits per heavy atom. The molecule has 0 saturated carbocycles. The van der Waals surface area contributed by atoms with E-state index in [-0.39, 0.29) is 11.8 Å². The first-order chi connectivity index (χ1) is 18.8. The first-order valence-corrected chi connectivity index (χ1v) is 13.2. The lowest BCUT2D eigenvalue weighted by Crippen LogP contribution is -2.31. The summed E-state index contributed by atoms with van der Waals surface area (Å²) < 4.78 is 0. The molecule has 2 heterocycles. The summed E-state index contributed by atoms with van der Waals surface area (Å²) in [5, 5.41) is 7.96. The summed E-state index contributed by atoms with van der Waals surface area (Å²) in [6, 6.07) is 22.9. The van der Waals surface area contributed by atoms with Crippen LogP contribution in [0.15, 0.2) is 79.0 Å². The lowest BCUT2D eigenvalue weighted by molar-refractivity contribution is -0.116. The average Bonchev–Trinajstić information content (AvgIpc) is 3.24. The molecule has 1 aromatic heterocycles. The fraction of sp³-hybridized carbons (Fsp3) is 0.194. The highest BCUT2D eigenvalue weighted by Gasteiger charge is 2.29. The SMILES string of the molecule is CC(=O)N(CCCN(C)C)c1ccc(N/C(=C2\C(=O)Nc3cc(Cl)ccc32)c2ccc3ncccc3c2)cc1. The molecule has 3 aromatic carbocycles. The van der Waals surface area contributed by atoms with Crippen LogP contribution in [0.25, 0.3) is 22.2 Å². The van der Waals surface area contributed by atoms with E-state index in [1.807, 2.05) is 74.8 Å². The lowest BCUT2D eigenvalue weighted by atomic mass is 9.99. The van der Waals surface area contributed by atoms with Crippen LogP contribution in [-0.2, 0) is 9.59 Å². The summed E-state index contributed by atoms with van der Waals surface area (Å²) in [5.74, 6) is -0.207. The number of benzene rings is 3. The highest BCUT2D eigenvalue weighted by atomic mass is 35.5. The largest absolute Gasteiger partial charge is 0.354 e. The number of nitrogens with one attached hydrogen (secondary N) is 2. The summed E-state index contributed by atoms with van der Waals surface area (Å²) in [6.07, 6.45) is 2.63. The molecule has 0 unspecified atom stereocenters. The molecule has 7 nitrogen and oxygen atoms in total. The van der Waals surface area contributed by atoms with Crippen molar-refractivity contribution in [1.82, 2.24) is 9.88 Å². The molecule has 0 spiro atoms. The van der Waals surface area contributed by atoms with Crippen LogP contribution in [0.3, 0.4) is 0 Å². The van der Waals surface area contributed by atoms with Gasteiger partial charge in [-0.25, -0.2) is 0 Å². The Morgan fingerprint density at radius 3 is 2.54 bits per heavy atom. The number of anilines is 3. The van der Waals surface area contributed by atoms with Crippen LogP contribution in [-0.4, -0.2) is 48.9 Å². The third kappa shape index (κ3) is 5.79. The molecule has 0 atom stereocenters. The van der Waals surface area contributed by atoms with Gasteiger partial charge in [-0.2, -0.15) is 0 Å². The second kappa shape index (κ2) is 11.3. The maximum Gasteiger partial charge on any atom is 0.258 e. The topological polar surface area (TPSA) is 77.6 Å². The van der Waals surface area contributed by atoms with E-state index in [1.165, 1.54) is 0 Å². The monoisotopic (exact) mass is 539 g/mol. The highest BCUT2D eigenvalue weighted by molar-refractivity contribution is 6.38. The molecule has 0 radical (unpaired) electrons. The quantitative estimate of drug-likeness (QED) is 0.264. The lowest BCUT2D eigenvalue weighted by Gasteiger charge is -2.23. The second-order valence-corrected chi connectivity index (χ2v) is 10.2. The van der Waals surface area contributed by atoms with Gasteiger partial charge in [-0.3, -0.25) is 14.6 Å². The van der Waals surface area contributed by atoms with Crippen molar-refractivity contribution < 1.29 is 9.59 Å². The van der Waals surface area contributed by atoms with Gasteiger partial charge in [-0.05, 0) is 87.2 Å². The van der Waals surface area contributed by atoms with Gasteiger partial charge >= 0.3 is 0 Å². The van der Waals surface area contributed by atoms with Crippen LogP contribution in [0.1, 0.15) is 24.5 Å². The molecular formula is C31H30ClN5O2.